The molecule has 3 nitrogen and oxygen atoms in total. The van der Waals surface area contributed by atoms with Crippen molar-refractivity contribution in [2.75, 3.05) is 12.3 Å². The first-order valence-electron chi connectivity index (χ1n) is 5.20. The van der Waals surface area contributed by atoms with E-state index in [1.54, 1.807) is 18.2 Å². The standard InChI is InChI=1S/C11H12BrF3N2O/c12-9-7(3-1-4-8(9)16)10(18)17-6-2-5-11(13,14)15/h1,3-4H,2,5-6,16H2,(H,17,18). The van der Waals surface area contributed by atoms with Crippen LogP contribution in [-0.2, 0) is 0 Å². The lowest BCUT2D eigenvalue weighted by atomic mass is 10.2. The van der Waals surface area contributed by atoms with E-state index in [-0.39, 0.29) is 13.0 Å². The first kappa shape index (κ1) is 14.8. The van der Waals surface area contributed by atoms with E-state index in [1.807, 2.05) is 0 Å². The van der Waals surface area contributed by atoms with Gasteiger partial charge >= 0.3 is 6.18 Å². The highest BCUT2D eigenvalue weighted by Crippen LogP contribution is 2.24. The molecule has 0 fully saturated rings. The normalized spacial score (nSPS) is 11.3. The highest BCUT2D eigenvalue weighted by atomic mass is 79.9. The molecule has 3 N–H and O–H groups in total. The highest BCUT2D eigenvalue weighted by molar-refractivity contribution is 9.10. The van der Waals surface area contributed by atoms with E-state index in [2.05, 4.69) is 21.2 Å². The van der Waals surface area contributed by atoms with E-state index in [0.717, 1.165) is 0 Å². The van der Waals surface area contributed by atoms with Gasteiger partial charge in [0.25, 0.3) is 5.91 Å². The Hall–Kier alpha value is -1.24. The SMILES string of the molecule is Nc1cccc(C(=O)NCCCC(F)(F)F)c1Br. The summed E-state index contributed by atoms with van der Waals surface area (Å²) in [7, 11) is 0. The van der Waals surface area contributed by atoms with Crippen LogP contribution < -0.4 is 11.1 Å². The quantitative estimate of drug-likeness (QED) is 0.660. The van der Waals surface area contributed by atoms with E-state index in [4.69, 9.17) is 5.73 Å². The van der Waals surface area contributed by atoms with Crippen LogP contribution in [0.25, 0.3) is 0 Å². The summed E-state index contributed by atoms with van der Waals surface area (Å²) in [5, 5.41) is 2.42. The number of carbonyl (C=O) groups excluding carboxylic acids is 1. The number of amides is 1. The Morgan fingerprint density at radius 1 is 1.39 bits per heavy atom. The van der Waals surface area contributed by atoms with Crippen molar-refractivity contribution < 1.29 is 18.0 Å². The minimum Gasteiger partial charge on any atom is -0.398 e. The Bertz CT molecular complexity index is 435. The summed E-state index contributed by atoms with van der Waals surface area (Å²) < 4.78 is 36.1. The molecule has 0 aliphatic carbocycles. The molecule has 7 heteroatoms. The molecule has 100 valence electrons. The van der Waals surface area contributed by atoms with Crippen LogP contribution >= 0.6 is 15.9 Å². The second-order valence-electron chi connectivity index (χ2n) is 3.68. The Balaban J connectivity index is 2.49. The monoisotopic (exact) mass is 324 g/mol. The van der Waals surface area contributed by atoms with Crippen molar-refractivity contribution in [1.82, 2.24) is 5.32 Å². The molecule has 0 saturated heterocycles. The summed E-state index contributed by atoms with van der Waals surface area (Å²) in [5.74, 6) is -0.448. The second-order valence-corrected chi connectivity index (χ2v) is 4.48. The first-order chi connectivity index (χ1) is 8.31. The van der Waals surface area contributed by atoms with Crippen LogP contribution in [-0.4, -0.2) is 18.6 Å². The van der Waals surface area contributed by atoms with Gasteiger partial charge in [0.05, 0.1) is 10.0 Å². The Labute approximate surface area is 111 Å². The Kier molecular flexibility index (Phi) is 5.01. The maximum Gasteiger partial charge on any atom is 0.389 e. The lowest BCUT2D eigenvalue weighted by Gasteiger charge is -2.09. The summed E-state index contributed by atoms with van der Waals surface area (Å²) >= 11 is 3.16. The molecule has 0 spiro atoms. The van der Waals surface area contributed by atoms with E-state index in [1.165, 1.54) is 0 Å². The van der Waals surface area contributed by atoms with Gasteiger partial charge in [-0.05, 0) is 34.5 Å². The van der Waals surface area contributed by atoms with Gasteiger partial charge in [-0.15, -0.1) is 0 Å². The predicted octanol–water partition coefficient (Wildman–Crippen LogP) is 3.10. The summed E-state index contributed by atoms with van der Waals surface area (Å²) in [6.45, 7) is -0.0282. The maximum absolute atomic E-state index is 11.9. The molecule has 18 heavy (non-hydrogen) atoms. The number of anilines is 1. The van der Waals surface area contributed by atoms with Gasteiger partial charge in [0.1, 0.15) is 0 Å². The fourth-order valence-corrected chi connectivity index (χ4v) is 1.76. The van der Waals surface area contributed by atoms with Gasteiger partial charge < -0.3 is 11.1 Å². The number of nitrogens with two attached hydrogens (primary N) is 1. The fraction of sp³-hybridized carbons (Fsp3) is 0.364. The van der Waals surface area contributed by atoms with Crippen LogP contribution in [0.4, 0.5) is 18.9 Å². The topological polar surface area (TPSA) is 55.1 Å². The zero-order valence-electron chi connectivity index (χ0n) is 9.35. The number of nitrogens with one attached hydrogen (secondary N) is 1. The zero-order valence-corrected chi connectivity index (χ0v) is 10.9. The van der Waals surface area contributed by atoms with Gasteiger partial charge in [0, 0.05) is 18.7 Å². The van der Waals surface area contributed by atoms with E-state index in [9.17, 15) is 18.0 Å². The van der Waals surface area contributed by atoms with E-state index < -0.39 is 18.5 Å². The minimum absolute atomic E-state index is 0.0282. The summed E-state index contributed by atoms with van der Waals surface area (Å²) in [4.78, 5) is 11.7. The van der Waals surface area contributed by atoms with Crippen LogP contribution in [0.5, 0.6) is 0 Å². The van der Waals surface area contributed by atoms with Crippen LogP contribution in [0.2, 0.25) is 0 Å². The predicted molar refractivity (Wildman–Crippen MR) is 66.2 cm³/mol. The molecule has 0 aliphatic rings. The maximum atomic E-state index is 11.9. The second kappa shape index (κ2) is 6.08. The number of hydrogen-bond donors (Lipinski definition) is 2. The third-order valence-corrected chi connectivity index (χ3v) is 3.08. The molecule has 1 rings (SSSR count). The number of benzene rings is 1. The molecule has 0 bridgehead atoms. The van der Waals surface area contributed by atoms with Crippen LogP contribution in [0.3, 0.4) is 0 Å². The number of halogens is 4. The molecule has 0 aliphatic heterocycles. The number of nitrogen functional groups attached to an aromatic ring is 1. The van der Waals surface area contributed by atoms with Gasteiger partial charge in [0.2, 0.25) is 0 Å². The van der Waals surface area contributed by atoms with Crippen LogP contribution in [0.15, 0.2) is 22.7 Å². The van der Waals surface area contributed by atoms with Crippen molar-refractivity contribution >= 4 is 27.5 Å². The third kappa shape index (κ3) is 4.56. The van der Waals surface area contributed by atoms with Gasteiger partial charge in [-0.1, -0.05) is 6.07 Å². The van der Waals surface area contributed by atoms with Gasteiger partial charge in [-0.3, -0.25) is 4.79 Å². The molecule has 0 aromatic heterocycles. The summed E-state index contributed by atoms with van der Waals surface area (Å²) in [6, 6.07) is 4.76. The van der Waals surface area contributed by atoms with Gasteiger partial charge in [0.15, 0.2) is 0 Å². The van der Waals surface area contributed by atoms with E-state index >= 15 is 0 Å². The largest absolute Gasteiger partial charge is 0.398 e. The molecule has 0 radical (unpaired) electrons. The molecule has 1 amide bonds. The molecular formula is C11H12BrF3N2O. The van der Waals surface area contributed by atoms with Crippen molar-refractivity contribution in [1.29, 1.82) is 0 Å². The zero-order chi connectivity index (χ0) is 13.8. The number of rotatable bonds is 4. The summed E-state index contributed by atoms with van der Waals surface area (Å²) in [5.41, 5.74) is 6.30. The molecule has 0 heterocycles. The van der Waals surface area contributed by atoms with Crippen molar-refractivity contribution in [3.05, 3.63) is 28.2 Å². The van der Waals surface area contributed by atoms with Crippen molar-refractivity contribution in [3.63, 3.8) is 0 Å². The van der Waals surface area contributed by atoms with E-state index in [0.29, 0.717) is 15.7 Å². The van der Waals surface area contributed by atoms with Crippen molar-refractivity contribution in [2.24, 2.45) is 0 Å². The number of alkyl halides is 3. The number of carbonyl (C=O) groups is 1. The lowest BCUT2D eigenvalue weighted by molar-refractivity contribution is -0.135. The molecule has 0 unspecified atom stereocenters. The smallest absolute Gasteiger partial charge is 0.389 e. The average molecular weight is 325 g/mol. The van der Waals surface area contributed by atoms with Crippen molar-refractivity contribution in [3.8, 4) is 0 Å². The highest BCUT2D eigenvalue weighted by Gasteiger charge is 2.26. The van der Waals surface area contributed by atoms with Crippen LogP contribution in [0.1, 0.15) is 23.2 Å². The van der Waals surface area contributed by atoms with Crippen LogP contribution in [0, 0.1) is 0 Å². The van der Waals surface area contributed by atoms with Gasteiger partial charge in [-0.25, -0.2) is 0 Å². The average Bonchev–Trinajstić information content (AvgIpc) is 2.26. The fourth-order valence-electron chi connectivity index (χ4n) is 1.31. The van der Waals surface area contributed by atoms with Crippen molar-refractivity contribution in [2.45, 2.75) is 19.0 Å². The summed E-state index contributed by atoms with van der Waals surface area (Å²) in [6.07, 6.45) is -5.25. The lowest BCUT2D eigenvalue weighted by Crippen LogP contribution is -2.26. The van der Waals surface area contributed by atoms with Gasteiger partial charge in [-0.2, -0.15) is 13.2 Å². The Morgan fingerprint density at radius 3 is 2.67 bits per heavy atom. The number of hydrogen-bond acceptors (Lipinski definition) is 2. The molecule has 0 saturated carbocycles. The molecule has 1 aromatic carbocycles. The minimum atomic E-state index is -4.19. The molecule has 0 atom stereocenters. The molecular weight excluding hydrogens is 313 g/mol. The molecule has 1 aromatic rings. The Morgan fingerprint density at radius 2 is 2.06 bits per heavy atom. The third-order valence-electron chi connectivity index (χ3n) is 2.20. The first-order valence-corrected chi connectivity index (χ1v) is 5.99.